The molecule has 2 aromatic rings. The molecule has 30 heavy (non-hydrogen) atoms. The average molecular weight is 407 g/mol. The molecule has 2 aromatic carbocycles. The predicted molar refractivity (Wildman–Crippen MR) is 114 cm³/mol. The van der Waals surface area contributed by atoms with Crippen molar-refractivity contribution in [2.24, 2.45) is 0 Å². The van der Waals surface area contributed by atoms with Gasteiger partial charge in [0.15, 0.2) is 0 Å². The fourth-order valence-corrected chi connectivity index (χ4v) is 2.51. The van der Waals surface area contributed by atoms with Crippen molar-refractivity contribution >= 4 is 17.6 Å². The van der Waals surface area contributed by atoms with E-state index >= 15 is 0 Å². The van der Waals surface area contributed by atoms with Crippen LogP contribution in [0.2, 0.25) is 0 Å². The number of hydrogen-bond donors (Lipinski definition) is 2. The number of anilines is 1. The van der Waals surface area contributed by atoms with Gasteiger partial charge in [-0.05, 0) is 36.2 Å². The van der Waals surface area contributed by atoms with E-state index < -0.39 is 11.9 Å². The smallest absolute Gasteiger partial charge is 0.340 e. The van der Waals surface area contributed by atoms with E-state index in [0.717, 1.165) is 24.2 Å². The van der Waals surface area contributed by atoms with Gasteiger partial charge in [0.05, 0.1) is 25.0 Å². The molecular weight excluding hydrogens is 382 g/mol. The molecule has 0 fully saturated rings. The number of carbonyl (C=O) groups is 2. The van der Waals surface area contributed by atoms with Gasteiger partial charge in [-0.2, -0.15) is 5.26 Å². The van der Waals surface area contributed by atoms with E-state index in [1.165, 1.54) is 6.20 Å². The summed E-state index contributed by atoms with van der Waals surface area (Å²) in [6.45, 7) is 2.75. The lowest BCUT2D eigenvalue weighted by Crippen LogP contribution is -2.19. The number of hydrogen-bond acceptors (Lipinski definition) is 6. The molecule has 0 saturated heterocycles. The summed E-state index contributed by atoms with van der Waals surface area (Å²) in [5.41, 5.74) is 1.38. The first-order valence-corrected chi connectivity index (χ1v) is 9.63. The number of esters is 1. The second-order valence-corrected chi connectivity index (χ2v) is 6.39. The lowest BCUT2D eigenvalue weighted by molar-refractivity contribution is -0.112. The third-order valence-corrected chi connectivity index (χ3v) is 4.20. The highest BCUT2D eigenvalue weighted by Gasteiger charge is 2.16. The molecule has 2 N–H and O–H groups in total. The van der Waals surface area contributed by atoms with Crippen LogP contribution in [0.3, 0.4) is 0 Å². The molecule has 0 heterocycles. The first kappa shape index (κ1) is 22.5. The van der Waals surface area contributed by atoms with Crippen LogP contribution in [0.4, 0.5) is 5.69 Å². The van der Waals surface area contributed by atoms with Crippen LogP contribution in [0.15, 0.2) is 60.3 Å². The van der Waals surface area contributed by atoms with Gasteiger partial charge in [-0.3, -0.25) is 4.79 Å². The number of rotatable bonds is 10. The minimum absolute atomic E-state index is 0.113. The minimum atomic E-state index is -0.617. The van der Waals surface area contributed by atoms with E-state index in [-0.39, 0.29) is 11.1 Å². The summed E-state index contributed by atoms with van der Waals surface area (Å²) >= 11 is 0. The first-order chi connectivity index (χ1) is 14.6. The standard InChI is InChI=1S/C23H25N3O4/c1-3-4-13-30-23(28)20-7-5-6-8-21(20)26-22(27)18(14-24)16-25-15-17-9-11-19(29-2)12-10-17/h5-12,16,25H,3-4,13,15H2,1-2H3,(H,26,27)/b18-16-. The Morgan fingerprint density at radius 1 is 1.13 bits per heavy atom. The summed E-state index contributed by atoms with van der Waals surface area (Å²) in [7, 11) is 1.59. The maximum absolute atomic E-state index is 12.5. The lowest BCUT2D eigenvalue weighted by atomic mass is 10.1. The summed E-state index contributed by atoms with van der Waals surface area (Å²) < 4.78 is 10.3. The second kappa shape index (κ2) is 11.9. The number of carbonyl (C=O) groups excluding carboxylic acids is 2. The van der Waals surface area contributed by atoms with Crippen LogP contribution >= 0.6 is 0 Å². The van der Waals surface area contributed by atoms with Gasteiger partial charge < -0.3 is 20.1 Å². The lowest BCUT2D eigenvalue weighted by Gasteiger charge is -2.10. The zero-order valence-electron chi connectivity index (χ0n) is 17.1. The number of methoxy groups -OCH3 is 1. The Balaban J connectivity index is 2.01. The third-order valence-electron chi connectivity index (χ3n) is 4.20. The van der Waals surface area contributed by atoms with E-state index in [1.54, 1.807) is 31.4 Å². The third kappa shape index (κ3) is 6.67. The molecule has 0 aliphatic carbocycles. The van der Waals surface area contributed by atoms with Gasteiger partial charge in [-0.1, -0.05) is 37.6 Å². The molecule has 0 aliphatic rings. The summed E-state index contributed by atoms with van der Waals surface area (Å²) in [6.07, 6.45) is 3.02. The Morgan fingerprint density at radius 3 is 2.53 bits per heavy atom. The zero-order valence-corrected chi connectivity index (χ0v) is 17.1. The molecule has 0 spiro atoms. The van der Waals surface area contributed by atoms with Gasteiger partial charge in [0.2, 0.25) is 0 Å². The quantitative estimate of drug-likeness (QED) is 0.269. The van der Waals surface area contributed by atoms with E-state index in [9.17, 15) is 14.9 Å². The number of ether oxygens (including phenoxy) is 2. The van der Waals surface area contributed by atoms with Crippen LogP contribution in [0, 0.1) is 11.3 Å². The Labute approximate surface area is 176 Å². The highest BCUT2D eigenvalue weighted by atomic mass is 16.5. The molecule has 7 heteroatoms. The van der Waals surface area contributed by atoms with Gasteiger partial charge in [-0.15, -0.1) is 0 Å². The highest BCUT2D eigenvalue weighted by molar-refractivity contribution is 6.09. The molecular formula is C23H25N3O4. The molecule has 2 rings (SSSR count). The van der Waals surface area contributed by atoms with Crippen LogP contribution in [0.1, 0.15) is 35.7 Å². The van der Waals surface area contributed by atoms with E-state index in [1.807, 2.05) is 37.3 Å². The van der Waals surface area contributed by atoms with Crippen molar-refractivity contribution in [2.75, 3.05) is 19.0 Å². The Bertz CT molecular complexity index is 930. The molecule has 0 unspecified atom stereocenters. The van der Waals surface area contributed by atoms with Crippen molar-refractivity contribution in [3.63, 3.8) is 0 Å². The fraction of sp³-hybridized carbons (Fsp3) is 0.261. The normalized spacial score (nSPS) is 10.6. The number of amides is 1. The molecule has 156 valence electrons. The number of nitriles is 1. The van der Waals surface area contributed by atoms with Crippen molar-refractivity contribution in [3.05, 3.63) is 71.4 Å². The molecule has 0 aromatic heterocycles. The van der Waals surface area contributed by atoms with Crippen LogP contribution in [0.5, 0.6) is 5.75 Å². The van der Waals surface area contributed by atoms with Gasteiger partial charge in [0.1, 0.15) is 17.4 Å². The molecule has 7 nitrogen and oxygen atoms in total. The van der Waals surface area contributed by atoms with Crippen molar-refractivity contribution in [1.82, 2.24) is 5.32 Å². The van der Waals surface area contributed by atoms with Crippen LogP contribution in [0.25, 0.3) is 0 Å². The summed E-state index contributed by atoms with van der Waals surface area (Å²) in [4.78, 5) is 24.8. The maximum Gasteiger partial charge on any atom is 0.340 e. The molecule has 0 atom stereocenters. The molecule has 0 bridgehead atoms. The van der Waals surface area contributed by atoms with E-state index in [0.29, 0.717) is 18.8 Å². The number of benzene rings is 2. The monoisotopic (exact) mass is 407 g/mol. The summed E-state index contributed by atoms with van der Waals surface area (Å²) in [6, 6.07) is 15.8. The number of para-hydroxylation sites is 1. The zero-order chi connectivity index (χ0) is 21.8. The first-order valence-electron chi connectivity index (χ1n) is 9.63. The Hall–Kier alpha value is -3.79. The number of unbranched alkanes of at least 4 members (excludes halogenated alkanes) is 1. The topological polar surface area (TPSA) is 100 Å². The van der Waals surface area contributed by atoms with Crippen LogP contribution in [-0.2, 0) is 16.1 Å². The molecule has 1 amide bonds. The minimum Gasteiger partial charge on any atom is -0.497 e. The number of nitrogens with one attached hydrogen (secondary N) is 2. The Kier molecular flexibility index (Phi) is 8.94. The Morgan fingerprint density at radius 2 is 1.87 bits per heavy atom. The van der Waals surface area contributed by atoms with Gasteiger partial charge >= 0.3 is 5.97 Å². The predicted octanol–water partition coefficient (Wildman–Crippen LogP) is 3.79. The van der Waals surface area contributed by atoms with E-state index in [4.69, 9.17) is 9.47 Å². The van der Waals surface area contributed by atoms with Crippen molar-refractivity contribution < 1.29 is 19.1 Å². The molecule has 0 radical (unpaired) electrons. The van der Waals surface area contributed by atoms with Crippen LogP contribution < -0.4 is 15.4 Å². The highest BCUT2D eigenvalue weighted by Crippen LogP contribution is 2.17. The van der Waals surface area contributed by atoms with Crippen LogP contribution in [-0.4, -0.2) is 25.6 Å². The molecule has 0 saturated carbocycles. The van der Waals surface area contributed by atoms with Crippen molar-refractivity contribution in [2.45, 2.75) is 26.3 Å². The van der Waals surface area contributed by atoms with Gasteiger partial charge in [0.25, 0.3) is 5.91 Å². The van der Waals surface area contributed by atoms with E-state index in [2.05, 4.69) is 10.6 Å². The second-order valence-electron chi connectivity index (χ2n) is 6.39. The van der Waals surface area contributed by atoms with Gasteiger partial charge in [-0.25, -0.2) is 4.79 Å². The van der Waals surface area contributed by atoms with Crippen molar-refractivity contribution in [3.8, 4) is 11.8 Å². The maximum atomic E-state index is 12.5. The summed E-state index contributed by atoms with van der Waals surface area (Å²) in [5.74, 6) is -0.383. The summed E-state index contributed by atoms with van der Waals surface area (Å²) in [5, 5.41) is 14.9. The average Bonchev–Trinajstić information content (AvgIpc) is 2.77. The number of nitrogens with zero attached hydrogens (tertiary/aromatic N) is 1. The van der Waals surface area contributed by atoms with Crippen molar-refractivity contribution in [1.29, 1.82) is 5.26 Å². The largest absolute Gasteiger partial charge is 0.497 e. The SMILES string of the molecule is CCCCOC(=O)c1ccccc1NC(=O)/C(C#N)=C\NCc1ccc(OC)cc1. The molecule has 0 aliphatic heterocycles. The van der Waals surface area contributed by atoms with Gasteiger partial charge in [0, 0.05) is 12.7 Å². The fourth-order valence-electron chi connectivity index (χ4n) is 2.51.